The van der Waals surface area contributed by atoms with Crippen molar-refractivity contribution in [2.75, 3.05) is 0 Å². The highest BCUT2D eigenvalue weighted by molar-refractivity contribution is 9.10. The van der Waals surface area contributed by atoms with Crippen LogP contribution in [0.5, 0.6) is 0 Å². The lowest BCUT2D eigenvalue weighted by atomic mass is 10.1. The molecule has 0 spiro atoms. The van der Waals surface area contributed by atoms with Gasteiger partial charge in [0.05, 0.1) is 11.9 Å². The predicted molar refractivity (Wildman–Crippen MR) is 86.1 cm³/mol. The molecule has 0 aliphatic rings. The van der Waals surface area contributed by atoms with E-state index in [0.717, 1.165) is 16.8 Å². The van der Waals surface area contributed by atoms with Crippen molar-refractivity contribution in [1.82, 2.24) is 9.78 Å². The van der Waals surface area contributed by atoms with Crippen molar-refractivity contribution in [1.29, 1.82) is 0 Å². The van der Waals surface area contributed by atoms with Crippen LogP contribution in [-0.4, -0.2) is 20.9 Å². The molecule has 1 N–H and O–H groups in total. The number of halogens is 3. The summed E-state index contributed by atoms with van der Waals surface area (Å²) in [5.74, 6) is -2.65. The Kier molecular flexibility index (Phi) is 4.15. The zero-order valence-corrected chi connectivity index (χ0v) is 13.5. The van der Waals surface area contributed by atoms with Gasteiger partial charge in [0.15, 0.2) is 5.69 Å². The van der Waals surface area contributed by atoms with Crippen LogP contribution in [0.15, 0.2) is 45.7 Å². The zero-order valence-electron chi connectivity index (χ0n) is 12.0. The summed E-state index contributed by atoms with van der Waals surface area (Å²) in [5.41, 5.74) is -0.926. The summed E-state index contributed by atoms with van der Waals surface area (Å²) in [6.07, 6.45) is 0. The van der Waals surface area contributed by atoms with E-state index in [1.165, 1.54) is 18.2 Å². The maximum atomic E-state index is 14.0. The first-order valence-corrected chi connectivity index (χ1v) is 7.53. The van der Waals surface area contributed by atoms with Crippen molar-refractivity contribution >= 4 is 32.7 Å². The van der Waals surface area contributed by atoms with E-state index < -0.39 is 28.9 Å². The Hall–Kier alpha value is -2.61. The van der Waals surface area contributed by atoms with Gasteiger partial charge in [-0.2, -0.15) is 5.10 Å². The molecule has 0 unspecified atom stereocenters. The van der Waals surface area contributed by atoms with Crippen LogP contribution in [0.25, 0.3) is 10.8 Å². The van der Waals surface area contributed by atoms with Crippen LogP contribution in [0.4, 0.5) is 8.78 Å². The second-order valence-electron chi connectivity index (χ2n) is 5.04. The number of aromatic nitrogens is 2. The summed E-state index contributed by atoms with van der Waals surface area (Å²) in [5, 5.41) is 12.9. The van der Waals surface area contributed by atoms with Crippen molar-refractivity contribution < 1.29 is 18.7 Å². The van der Waals surface area contributed by atoms with Gasteiger partial charge in [0.25, 0.3) is 5.56 Å². The third-order valence-corrected chi connectivity index (χ3v) is 3.95. The summed E-state index contributed by atoms with van der Waals surface area (Å²) >= 11 is 3.13. The summed E-state index contributed by atoms with van der Waals surface area (Å²) in [7, 11) is 0. The van der Waals surface area contributed by atoms with Crippen LogP contribution in [0.3, 0.4) is 0 Å². The number of carbonyl (C=O) groups is 1. The van der Waals surface area contributed by atoms with Gasteiger partial charge < -0.3 is 5.11 Å². The molecule has 0 atom stereocenters. The molecule has 0 amide bonds. The highest BCUT2D eigenvalue weighted by Gasteiger charge is 2.17. The Morgan fingerprint density at radius 1 is 1.17 bits per heavy atom. The normalized spacial score (nSPS) is 11.0. The zero-order chi connectivity index (χ0) is 17.4. The number of hydrogen-bond acceptors (Lipinski definition) is 3. The van der Waals surface area contributed by atoms with Gasteiger partial charge in [-0.25, -0.2) is 18.3 Å². The second-order valence-corrected chi connectivity index (χ2v) is 5.96. The number of aromatic carboxylic acids is 1. The molecule has 8 heteroatoms. The lowest BCUT2D eigenvalue weighted by molar-refractivity contribution is 0.0690. The summed E-state index contributed by atoms with van der Waals surface area (Å²) < 4.78 is 28.7. The van der Waals surface area contributed by atoms with E-state index in [-0.39, 0.29) is 22.9 Å². The molecule has 3 rings (SSSR count). The minimum absolute atomic E-state index is 0.00122. The first kappa shape index (κ1) is 16.3. The van der Waals surface area contributed by atoms with E-state index in [4.69, 9.17) is 0 Å². The molecule has 0 bridgehead atoms. The van der Waals surface area contributed by atoms with E-state index >= 15 is 0 Å². The number of carboxylic acids is 1. The molecule has 0 saturated carbocycles. The number of nitrogens with zero attached hydrogens (tertiary/aromatic N) is 2. The van der Waals surface area contributed by atoms with E-state index in [2.05, 4.69) is 21.0 Å². The van der Waals surface area contributed by atoms with Gasteiger partial charge in [-0.3, -0.25) is 4.79 Å². The fourth-order valence-corrected chi connectivity index (χ4v) is 2.67. The minimum atomic E-state index is -1.41. The van der Waals surface area contributed by atoms with Crippen molar-refractivity contribution in [2.45, 2.75) is 6.54 Å². The predicted octanol–water partition coefficient (Wildman–Crippen LogP) is 3.18. The third kappa shape index (κ3) is 2.92. The van der Waals surface area contributed by atoms with Crippen LogP contribution in [-0.2, 0) is 6.54 Å². The molecule has 2 aromatic carbocycles. The standard InChI is InChI=1S/C16H9BrF2N2O3/c17-9-2-1-8(13(19)5-9)7-21-15(22)11-4-3-10(18)6-12(11)14(20-21)16(23)24/h1-6H,7H2,(H,23,24). The van der Waals surface area contributed by atoms with Gasteiger partial charge in [-0.05, 0) is 30.3 Å². The number of benzene rings is 2. The monoisotopic (exact) mass is 394 g/mol. The van der Waals surface area contributed by atoms with Crippen molar-refractivity contribution in [3.63, 3.8) is 0 Å². The maximum Gasteiger partial charge on any atom is 0.357 e. The van der Waals surface area contributed by atoms with Gasteiger partial charge in [-0.15, -0.1) is 0 Å². The van der Waals surface area contributed by atoms with Crippen molar-refractivity contribution in [3.8, 4) is 0 Å². The highest BCUT2D eigenvalue weighted by atomic mass is 79.9. The van der Waals surface area contributed by atoms with Crippen LogP contribution in [0.1, 0.15) is 16.1 Å². The van der Waals surface area contributed by atoms with Crippen LogP contribution < -0.4 is 5.56 Å². The first-order chi connectivity index (χ1) is 11.4. The highest BCUT2D eigenvalue weighted by Crippen LogP contribution is 2.18. The average Bonchev–Trinajstić information content (AvgIpc) is 2.51. The number of rotatable bonds is 3. The summed E-state index contributed by atoms with van der Waals surface area (Å²) in [4.78, 5) is 23.8. The minimum Gasteiger partial charge on any atom is -0.476 e. The fraction of sp³-hybridized carbons (Fsp3) is 0.0625. The molecule has 0 radical (unpaired) electrons. The molecule has 0 aliphatic heterocycles. The fourth-order valence-electron chi connectivity index (χ4n) is 2.33. The Labute approximate surface area is 142 Å². The molecule has 3 aromatic rings. The molecule has 122 valence electrons. The van der Waals surface area contributed by atoms with Gasteiger partial charge in [0.1, 0.15) is 11.6 Å². The molecule has 0 fully saturated rings. The van der Waals surface area contributed by atoms with E-state index in [9.17, 15) is 23.5 Å². The maximum absolute atomic E-state index is 14.0. The van der Waals surface area contributed by atoms with Crippen molar-refractivity contribution in [3.05, 3.63) is 74.1 Å². The number of carboxylic acid groups (broad SMARTS) is 1. The van der Waals surface area contributed by atoms with E-state index in [0.29, 0.717) is 4.47 Å². The Morgan fingerprint density at radius 3 is 2.58 bits per heavy atom. The van der Waals surface area contributed by atoms with Gasteiger partial charge >= 0.3 is 5.97 Å². The molecule has 1 heterocycles. The smallest absolute Gasteiger partial charge is 0.357 e. The lowest BCUT2D eigenvalue weighted by Crippen LogP contribution is -2.27. The quantitative estimate of drug-likeness (QED) is 0.740. The molecule has 0 saturated heterocycles. The molecular weight excluding hydrogens is 386 g/mol. The summed E-state index contributed by atoms with van der Waals surface area (Å²) in [6, 6.07) is 7.48. The molecular formula is C16H9BrF2N2O3. The first-order valence-electron chi connectivity index (χ1n) is 6.74. The summed E-state index contributed by atoms with van der Waals surface area (Å²) in [6.45, 7) is -0.245. The molecule has 1 aromatic heterocycles. The van der Waals surface area contributed by atoms with Gasteiger partial charge in [0.2, 0.25) is 0 Å². The molecule has 0 aliphatic carbocycles. The van der Waals surface area contributed by atoms with Crippen LogP contribution >= 0.6 is 15.9 Å². The Bertz CT molecular complexity index is 1030. The van der Waals surface area contributed by atoms with Gasteiger partial charge in [0, 0.05) is 15.4 Å². The van der Waals surface area contributed by atoms with Crippen LogP contribution in [0.2, 0.25) is 0 Å². The number of fused-ring (bicyclic) bond motifs is 1. The second kappa shape index (κ2) is 6.12. The largest absolute Gasteiger partial charge is 0.476 e. The molecule has 5 nitrogen and oxygen atoms in total. The number of hydrogen-bond donors (Lipinski definition) is 1. The Balaban J connectivity index is 2.21. The van der Waals surface area contributed by atoms with E-state index in [1.54, 1.807) is 6.07 Å². The Morgan fingerprint density at radius 2 is 1.92 bits per heavy atom. The topological polar surface area (TPSA) is 72.2 Å². The van der Waals surface area contributed by atoms with Crippen molar-refractivity contribution in [2.24, 2.45) is 0 Å². The average molecular weight is 395 g/mol. The SMILES string of the molecule is O=C(O)c1nn(Cc2ccc(Br)cc2F)c(=O)c2ccc(F)cc12. The lowest BCUT2D eigenvalue weighted by Gasteiger charge is -2.10. The van der Waals surface area contributed by atoms with Gasteiger partial charge in [-0.1, -0.05) is 22.0 Å². The third-order valence-electron chi connectivity index (χ3n) is 3.46. The molecule has 24 heavy (non-hydrogen) atoms. The van der Waals surface area contributed by atoms with Crippen LogP contribution in [0, 0.1) is 11.6 Å². The van der Waals surface area contributed by atoms with E-state index in [1.807, 2.05) is 0 Å².